The Balaban J connectivity index is 3.30. The SMILES string of the molecule is CCC=CCC=CCC=CCC=CCC=CCCCCCCCCCCCCBr. The van der Waals surface area contributed by atoms with Gasteiger partial charge in [-0.3, -0.25) is 0 Å². The van der Waals surface area contributed by atoms with Crippen LogP contribution in [0.3, 0.4) is 0 Å². The number of allylic oxidation sites excluding steroid dienone is 10. The number of unbranched alkanes of at least 4 members (excludes halogenated alkanes) is 10. The van der Waals surface area contributed by atoms with Gasteiger partial charge in [0.2, 0.25) is 0 Å². The molecule has 0 atom stereocenters. The minimum absolute atomic E-state index is 1.05. The van der Waals surface area contributed by atoms with Gasteiger partial charge in [0.1, 0.15) is 0 Å². The maximum absolute atomic E-state index is 3.50. The van der Waals surface area contributed by atoms with Crippen LogP contribution in [0.25, 0.3) is 0 Å². The van der Waals surface area contributed by atoms with E-state index in [2.05, 4.69) is 83.6 Å². The van der Waals surface area contributed by atoms with Gasteiger partial charge in [0.05, 0.1) is 0 Å². The van der Waals surface area contributed by atoms with Crippen molar-refractivity contribution in [2.75, 3.05) is 5.33 Å². The summed E-state index contributed by atoms with van der Waals surface area (Å²) in [5.41, 5.74) is 0. The van der Waals surface area contributed by atoms with Crippen LogP contribution in [0.15, 0.2) is 60.8 Å². The molecule has 0 fully saturated rings. The summed E-state index contributed by atoms with van der Waals surface area (Å²) in [5, 5.41) is 1.17. The first kappa shape index (κ1) is 28.2. The smallest absolute Gasteiger partial charge is 0.00313 e. The summed E-state index contributed by atoms with van der Waals surface area (Å²) in [4.78, 5) is 0. The van der Waals surface area contributed by atoms with Gasteiger partial charge in [-0.2, -0.15) is 0 Å². The lowest BCUT2D eigenvalue weighted by atomic mass is 10.1. The second-order valence-corrected chi connectivity index (χ2v) is 8.51. The van der Waals surface area contributed by atoms with Gasteiger partial charge in [0, 0.05) is 5.33 Å². The van der Waals surface area contributed by atoms with Crippen LogP contribution in [0.1, 0.15) is 110 Å². The summed E-state index contributed by atoms with van der Waals surface area (Å²) >= 11 is 3.50. The fourth-order valence-corrected chi connectivity index (χ4v) is 3.54. The first-order chi connectivity index (χ1) is 14.4. The van der Waals surface area contributed by atoms with Crippen molar-refractivity contribution in [1.82, 2.24) is 0 Å². The van der Waals surface area contributed by atoms with Crippen molar-refractivity contribution < 1.29 is 0 Å². The van der Waals surface area contributed by atoms with E-state index in [0.717, 1.165) is 32.1 Å². The molecule has 0 aromatic rings. The molecule has 0 unspecified atom stereocenters. The highest BCUT2D eigenvalue weighted by atomic mass is 79.9. The standard InChI is InChI=1S/C28H47Br/c1-2-3-4-5-6-7-8-9-10-11-12-13-14-15-16-17-18-19-20-21-22-23-24-25-26-27-28-29/h3-4,6-7,9-10,12-13,15-16H,2,5,8,11,14,17-28H2,1H3. The van der Waals surface area contributed by atoms with Crippen molar-refractivity contribution in [3.05, 3.63) is 60.8 Å². The normalized spacial score (nSPS) is 12.8. The third-order valence-electron chi connectivity index (χ3n) is 4.91. The molecule has 0 aliphatic carbocycles. The molecule has 29 heavy (non-hydrogen) atoms. The lowest BCUT2D eigenvalue weighted by Gasteiger charge is -2.01. The lowest BCUT2D eigenvalue weighted by molar-refractivity contribution is 0.558. The molecule has 0 aromatic carbocycles. The zero-order valence-electron chi connectivity index (χ0n) is 19.2. The van der Waals surface area contributed by atoms with E-state index in [1.54, 1.807) is 0 Å². The molecule has 0 aliphatic rings. The number of hydrogen-bond acceptors (Lipinski definition) is 0. The fraction of sp³-hybridized carbons (Fsp3) is 0.643. The molecule has 0 rings (SSSR count). The number of halogens is 1. The molecule has 0 N–H and O–H groups in total. The van der Waals surface area contributed by atoms with Crippen molar-refractivity contribution in [3.63, 3.8) is 0 Å². The Labute approximate surface area is 191 Å². The molecular formula is C28H47Br. The first-order valence-electron chi connectivity index (χ1n) is 12.2. The molecule has 0 amide bonds. The molecule has 166 valence electrons. The molecular weight excluding hydrogens is 416 g/mol. The van der Waals surface area contributed by atoms with Gasteiger partial charge in [0.25, 0.3) is 0 Å². The number of hydrogen-bond donors (Lipinski definition) is 0. The maximum atomic E-state index is 3.50. The van der Waals surface area contributed by atoms with E-state index in [1.807, 2.05) is 0 Å². The van der Waals surface area contributed by atoms with Crippen LogP contribution in [0.4, 0.5) is 0 Å². The summed E-state index contributed by atoms with van der Waals surface area (Å²) in [5.74, 6) is 0. The minimum atomic E-state index is 1.05. The zero-order valence-corrected chi connectivity index (χ0v) is 20.8. The molecule has 0 spiro atoms. The van der Waals surface area contributed by atoms with E-state index in [-0.39, 0.29) is 0 Å². The van der Waals surface area contributed by atoms with Crippen LogP contribution in [-0.4, -0.2) is 5.33 Å². The molecule has 0 radical (unpaired) electrons. The molecule has 0 saturated heterocycles. The number of rotatable bonds is 21. The quantitative estimate of drug-likeness (QED) is 0.0902. The Hall–Kier alpha value is -0.820. The Morgan fingerprint density at radius 3 is 1.17 bits per heavy atom. The van der Waals surface area contributed by atoms with Crippen LogP contribution < -0.4 is 0 Å². The second kappa shape index (κ2) is 27.2. The highest BCUT2D eigenvalue weighted by molar-refractivity contribution is 9.09. The summed E-state index contributed by atoms with van der Waals surface area (Å²) in [6, 6.07) is 0. The van der Waals surface area contributed by atoms with E-state index in [0.29, 0.717) is 0 Å². The van der Waals surface area contributed by atoms with Crippen molar-refractivity contribution in [1.29, 1.82) is 0 Å². The molecule has 0 aliphatic heterocycles. The lowest BCUT2D eigenvalue weighted by Crippen LogP contribution is -1.82. The highest BCUT2D eigenvalue weighted by Crippen LogP contribution is 2.12. The molecule has 0 heterocycles. The summed E-state index contributed by atoms with van der Waals surface area (Å²) in [7, 11) is 0. The minimum Gasteiger partial charge on any atom is -0.0928 e. The monoisotopic (exact) mass is 462 g/mol. The largest absolute Gasteiger partial charge is 0.0928 e. The van der Waals surface area contributed by atoms with Crippen molar-refractivity contribution in [3.8, 4) is 0 Å². The third-order valence-corrected chi connectivity index (χ3v) is 5.47. The summed E-state index contributed by atoms with van der Waals surface area (Å²) in [6.07, 6.45) is 43.4. The van der Waals surface area contributed by atoms with Gasteiger partial charge in [-0.15, -0.1) is 0 Å². The highest BCUT2D eigenvalue weighted by Gasteiger charge is 1.92. The van der Waals surface area contributed by atoms with Gasteiger partial charge in [-0.05, 0) is 51.4 Å². The Morgan fingerprint density at radius 1 is 0.414 bits per heavy atom. The van der Waals surface area contributed by atoms with Crippen molar-refractivity contribution in [2.45, 2.75) is 110 Å². The van der Waals surface area contributed by atoms with E-state index in [9.17, 15) is 0 Å². The Bertz CT molecular complexity index is 439. The Kier molecular flexibility index (Phi) is 26.4. The number of alkyl halides is 1. The maximum Gasteiger partial charge on any atom is 0.00313 e. The first-order valence-corrected chi connectivity index (χ1v) is 13.3. The van der Waals surface area contributed by atoms with Gasteiger partial charge >= 0.3 is 0 Å². The van der Waals surface area contributed by atoms with Crippen LogP contribution in [0.2, 0.25) is 0 Å². The van der Waals surface area contributed by atoms with E-state index in [1.165, 1.54) is 76.0 Å². The zero-order chi connectivity index (χ0) is 21.1. The predicted molar refractivity (Wildman–Crippen MR) is 139 cm³/mol. The average molecular weight is 464 g/mol. The molecule has 0 bridgehead atoms. The fourth-order valence-electron chi connectivity index (χ4n) is 3.14. The van der Waals surface area contributed by atoms with Crippen LogP contribution >= 0.6 is 15.9 Å². The second-order valence-electron chi connectivity index (χ2n) is 7.72. The van der Waals surface area contributed by atoms with Crippen molar-refractivity contribution >= 4 is 15.9 Å². The molecule has 0 aromatic heterocycles. The predicted octanol–water partition coefficient (Wildman–Crippen LogP) is 10.4. The van der Waals surface area contributed by atoms with Crippen molar-refractivity contribution in [2.24, 2.45) is 0 Å². The van der Waals surface area contributed by atoms with Crippen LogP contribution in [0.5, 0.6) is 0 Å². The van der Waals surface area contributed by atoms with Gasteiger partial charge < -0.3 is 0 Å². The summed E-state index contributed by atoms with van der Waals surface area (Å²) < 4.78 is 0. The molecule has 1 heteroatoms. The van der Waals surface area contributed by atoms with Gasteiger partial charge in [-0.25, -0.2) is 0 Å². The van der Waals surface area contributed by atoms with Gasteiger partial charge in [0.15, 0.2) is 0 Å². The van der Waals surface area contributed by atoms with E-state index < -0.39 is 0 Å². The third kappa shape index (κ3) is 27.2. The molecule has 0 nitrogen and oxygen atoms in total. The van der Waals surface area contributed by atoms with E-state index >= 15 is 0 Å². The average Bonchev–Trinajstić information content (AvgIpc) is 2.74. The Morgan fingerprint density at radius 2 is 0.759 bits per heavy atom. The molecule has 0 saturated carbocycles. The van der Waals surface area contributed by atoms with Gasteiger partial charge in [-0.1, -0.05) is 135 Å². The topological polar surface area (TPSA) is 0 Å². The van der Waals surface area contributed by atoms with Crippen LogP contribution in [-0.2, 0) is 0 Å². The summed E-state index contributed by atoms with van der Waals surface area (Å²) in [6.45, 7) is 2.17. The van der Waals surface area contributed by atoms with E-state index in [4.69, 9.17) is 0 Å². The van der Waals surface area contributed by atoms with Crippen LogP contribution in [0, 0.1) is 0 Å².